The highest BCUT2D eigenvalue weighted by Crippen LogP contribution is 2.20. The summed E-state index contributed by atoms with van der Waals surface area (Å²) in [5, 5.41) is 0. The van der Waals surface area contributed by atoms with Crippen LogP contribution in [0.3, 0.4) is 0 Å². The predicted octanol–water partition coefficient (Wildman–Crippen LogP) is 1.96. The molecule has 1 aliphatic heterocycles. The van der Waals surface area contributed by atoms with E-state index in [4.69, 9.17) is 4.74 Å². The van der Waals surface area contributed by atoms with Crippen molar-refractivity contribution in [2.75, 3.05) is 6.61 Å². The van der Waals surface area contributed by atoms with E-state index in [-0.39, 0.29) is 17.9 Å². The fourth-order valence-electron chi connectivity index (χ4n) is 1.50. The molecule has 0 aromatic carbocycles. The lowest BCUT2D eigenvalue weighted by Gasteiger charge is -2.21. The zero-order valence-corrected chi connectivity index (χ0v) is 9.61. The third kappa shape index (κ3) is 2.58. The average Bonchev–Trinajstić information content (AvgIpc) is 2.45. The van der Waals surface area contributed by atoms with Crippen molar-refractivity contribution in [3.8, 4) is 0 Å². The Balaban J connectivity index is 2.85. The van der Waals surface area contributed by atoms with Crippen molar-refractivity contribution < 1.29 is 14.3 Å². The number of amides is 2. The summed E-state index contributed by atoms with van der Waals surface area (Å²) in [6, 6.07) is -0.138. The molecule has 4 heteroatoms. The maximum Gasteiger partial charge on any atom is 0.417 e. The summed E-state index contributed by atoms with van der Waals surface area (Å²) in [5.41, 5.74) is 0.877. The molecule has 0 bridgehead atoms. The Morgan fingerprint density at radius 3 is 2.60 bits per heavy atom. The largest absolute Gasteiger partial charge is 0.447 e. The third-order valence-corrected chi connectivity index (χ3v) is 2.33. The van der Waals surface area contributed by atoms with Crippen molar-refractivity contribution >= 4 is 12.0 Å². The minimum Gasteiger partial charge on any atom is -0.447 e. The smallest absolute Gasteiger partial charge is 0.417 e. The van der Waals surface area contributed by atoms with Gasteiger partial charge >= 0.3 is 6.09 Å². The van der Waals surface area contributed by atoms with Gasteiger partial charge in [0.05, 0.1) is 6.04 Å². The average molecular weight is 211 g/mol. The summed E-state index contributed by atoms with van der Waals surface area (Å²) in [7, 11) is 0. The molecule has 0 spiro atoms. The molecule has 0 aliphatic carbocycles. The molecule has 1 fully saturated rings. The van der Waals surface area contributed by atoms with E-state index >= 15 is 0 Å². The van der Waals surface area contributed by atoms with Gasteiger partial charge in [0, 0.05) is 6.08 Å². The molecular weight excluding hydrogens is 194 g/mol. The molecule has 1 atom stereocenters. The lowest BCUT2D eigenvalue weighted by molar-refractivity contribution is -0.124. The lowest BCUT2D eigenvalue weighted by atomic mass is 10.0. The van der Waals surface area contributed by atoms with Crippen LogP contribution in [0.2, 0.25) is 0 Å². The number of rotatable bonds is 2. The third-order valence-electron chi connectivity index (χ3n) is 2.33. The number of hydrogen-bond acceptors (Lipinski definition) is 3. The van der Waals surface area contributed by atoms with Gasteiger partial charge in [-0.1, -0.05) is 19.4 Å². The van der Waals surface area contributed by atoms with Gasteiger partial charge in [-0.3, -0.25) is 4.79 Å². The van der Waals surface area contributed by atoms with E-state index in [1.54, 1.807) is 0 Å². The number of hydrogen-bond donors (Lipinski definition) is 0. The highest BCUT2D eigenvalue weighted by atomic mass is 16.6. The number of carbonyl (C=O) groups is 2. The Hall–Kier alpha value is -1.32. The first kappa shape index (κ1) is 11.8. The number of nitrogens with zero attached hydrogens (tertiary/aromatic N) is 1. The summed E-state index contributed by atoms with van der Waals surface area (Å²) in [6.45, 7) is 7.89. The molecule has 2 amide bonds. The van der Waals surface area contributed by atoms with Gasteiger partial charge in [-0.15, -0.1) is 0 Å². The lowest BCUT2D eigenvalue weighted by Crippen LogP contribution is -2.41. The van der Waals surface area contributed by atoms with E-state index in [1.165, 1.54) is 11.0 Å². The van der Waals surface area contributed by atoms with Gasteiger partial charge in [-0.2, -0.15) is 0 Å². The molecule has 0 N–H and O–H groups in total. The molecular formula is C11H17NO3. The molecule has 0 aromatic heterocycles. The minimum atomic E-state index is -0.531. The molecule has 1 heterocycles. The van der Waals surface area contributed by atoms with E-state index in [1.807, 2.05) is 27.7 Å². The van der Waals surface area contributed by atoms with Crippen molar-refractivity contribution in [3.05, 3.63) is 11.6 Å². The van der Waals surface area contributed by atoms with Gasteiger partial charge < -0.3 is 4.74 Å². The Morgan fingerprint density at radius 1 is 1.53 bits per heavy atom. The van der Waals surface area contributed by atoms with Crippen molar-refractivity contribution in [1.29, 1.82) is 0 Å². The Bertz CT molecular complexity index is 303. The second-order valence-corrected chi connectivity index (χ2v) is 4.32. The zero-order chi connectivity index (χ0) is 11.6. The molecule has 1 unspecified atom stereocenters. The second-order valence-electron chi connectivity index (χ2n) is 4.32. The van der Waals surface area contributed by atoms with Gasteiger partial charge in [0.25, 0.3) is 5.91 Å². The number of cyclic esters (lactones) is 1. The molecule has 84 valence electrons. The van der Waals surface area contributed by atoms with Crippen LogP contribution in [0.1, 0.15) is 27.7 Å². The van der Waals surface area contributed by atoms with Gasteiger partial charge in [0.1, 0.15) is 6.61 Å². The maximum absolute atomic E-state index is 11.7. The van der Waals surface area contributed by atoms with Crippen LogP contribution in [-0.2, 0) is 9.53 Å². The van der Waals surface area contributed by atoms with Crippen LogP contribution in [0.15, 0.2) is 11.6 Å². The molecule has 0 aromatic rings. The van der Waals surface area contributed by atoms with E-state index in [9.17, 15) is 9.59 Å². The molecule has 1 rings (SSSR count). The fourth-order valence-corrected chi connectivity index (χ4v) is 1.50. The highest BCUT2D eigenvalue weighted by Gasteiger charge is 2.38. The van der Waals surface area contributed by atoms with E-state index in [0.29, 0.717) is 6.61 Å². The van der Waals surface area contributed by atoms with Crippen LogP contribution < -0.4 is 0 Å². The van der Waals surface area contributed by atoms with Crippen LogP contribution in [-0.4, -0.2) is 29.5 Å². The Labute approximate surface area is 89.9 Å². The molecule has 1 saturated heterocycles. The maximum atomic E-state index is 11.7. The van der Waals surface area contributed by atoms with E-state index < -0.39 is 6.09 Å². The standard InChI is InChI=1S/C11H17NO3/c1-7(2)5-10(13)12-9(8(3)4)6-15-11(12)14/h5,8-9H,6H2,1-4H3. The fraction of sp³-hybridized carbons (Fsp3) is 0.636. The monoisotopic (exact) mass is 211 g/mol. The van der Waals surface area contributed by atoms with Crippen LogP contribution in [0.5, 0.6) is 0 Å². The summed E-state index contributed by atoms with van der Waals surface area (Å²) in [4.78, 5) is 24.3. The van der Waals surface area contributed by atoms with Gasteiger partial charge in [-0.25, -0.2) is 9.69 Å². The van der Waals surface area contributed by atoms with Gasteiger partial charge in [0.2, 0.25) is 0 Å². The minimum absolute atomic E-state index is 0.138. The Kier molecular flexibility index (Phi) is 3.50. The second kappa shape index (κ2) is 4.47. The Morgan fingerprint density at radius 2 is 2.13 bits per heavy atom. The van der Waals surface area contributed by atoms with Gasteiger partial charge in [0.15, 0.2) is 0 Å². The van der Waals surface area contributed by atoms with E-state index in [2.05, 4.69) is 0 Å². The first-order valence-corrected chi connectivity index (χ1v) is 5.08. The molecule has 1 aliphatic rings. The summed E-state index contributed by atoms with van der Waals surface area (Å²) in [5.74, 6) is -0.0674. The molecule has 15 heavy (non-hydrogen) atoms. The van der Waals surface area contributed by atoms with Crippen molar-refractivity contribution in [1.82, 2.24) is 4.90 Å². The topological polar surface area (TPSA) is 46.6 Å². The van der Waals surface area contributed by atoms with E-state index in [0.717, 1.165) is 5.57 Å². The SMILES string of the molecule is CC(C)=CC(=O)N1C(=O)OCC1C(C)C. The van der Waals surface area contributed by atoms with Crippen LogP contribution in [0, 0.1) is 5.92 Å². The number of allylic oxidation sites excluding steroid dienone is 1. The predicted molar refractivity (Wildman–Crippen MR) is 56.3 cm³/mol. The first-order valence-electron chi connectivity index (χ1n) is 5.08. The first-order chi connectivity index (χ1) is 6.93. The van der Waals surface area contributed by atoms with Gasteiger partial charge in [-0.05, 0) is 19.8 Å². The summed E-state index contributed by atoms with van der Waals surface area (Å²) in [6.07, 6.45) is 0.929. The van der Waals surface area contributed by atoms with Crippen LogP contribution >= 0.6 is 0 Å². The zero-order valence-electron chi connectivity index (χ0n) is 9.61. The quantitative estimate of drug-likeness (QED) is 0.656. The summed E-state index contributed by atoms with van der Waals surface area (Å²) >= 11 is 0. The van der Waals surface area contributed by atoms with Crippen molar-refractivity contribution in [3.63, 3.8) is 0 Å². The van der Waals surface area contributed by atoms with Crippen LogP contribution in [0.4, 0.5) is 4.79 Å². The van der Waals surface area contributed by atoms with Crippen molar-refractivity contribution in [2.45, 2.75) is 33.7 Å². The molecule has 0 saturated carbocycles. The normalized spacial score (nSPS) is 20.5. The van der Waals surface area contributed by atoms with Crippen molar-refractivity contribution in [2.24, 2.45) is 5.92 Å². The highest BCUT2D eigenvalue weighted by molar-refractivity contribution is 6.00. The molecule has 0 radical (unpaired) electrons. The number of imide groups is 1. The number of carbonyl (C=O) groups excluding carboxylic acids is 2. The molecule has 4 nitrogen and oxygen atoms in total. The number of ether oxygens (including phenoxy) is 1. The van der Waals surface area contributed by atoms with Crippen LogP contribution in [0.25, 0.3) is 0 Å². The summed E-state index contributed by atoms with van der Waals surface area (Å²) < 4.78 is 4.88.